The highest BCUT2D eigenvalue weighted by atomic mass is 19.2. The monoisotopic (exact) mass is 476 g/mol. The lowest BCUT2D eigenvalue weighted by molar-refractivity contribution is 0.0690. The van der Waals surface area contributed by atoms with Crippen LogP contribution in [0.2, 0.25) is 0 Å². The molecule has 0 heterocycles. The van der Waals surface area contributed by atoms with Crippen molar-refractivity contribution in [3.8, 4) is 0 Å². The normalized spacial score (nSPS) is 14.1. The maximum atomic E-state index is 14.6. The molecular weight excluding hydrogens is 440 g/mol. The Morgan fingerprint density at radius 2 is 1.21 bits per heavy atom. The van der Waals surface area contributed by atoms with Crippen LogP contribution in [0, 0.1) is 5.92 Å². The van der Waals surface area contributed by atoms with Gasteiger partial charge in [0.05, 0.1) is 6.10 Å². The van der Waals surface area contributed by atoms with Crippen molar-refractivity contribution in [1.29, 1.82) is 0 Å². The number of hydrogen-bond donors (Lipinski definition) is 0. The van der Waals surface area contributed by atoms with Gasteiger partial charge in [-0.25, -0.2) is 17.6 Å². The molecule has 0 N–H and O–H groups in total. The van der Waals surface area contributed by atoms with Crippen molar-refractivity contribution in [1.82, 2.24) is 0 Å². The molecule has 0 aliphatic heterocycles. The second-order valence-corrected chi connectivity index (χ2v) is 8.18. The van der Waals surface area contributed by atoms with Gasteiger partial charge in [0.1, 0.15) is 0 Å². The molecule has 186 valence electrons. The number of ether oxygens (including phenoxy) is 1. The molecule has 34 heavy (non-hydrogen) atoms. The third-order valence-corrected chi connectivity index (χ3v) is 4.71. The maximum absolute atomic E-state index is 14.6. The molecule has 0 bridgehead atoms. The largest absolute Gasteiger partial charge is 0.373 e. The highest BCUT2D eigenvalue weighted by Gasteiger charge is 2.20. The van der Waals surface area contributed by atoms with Crippen molar-refractivity contribution < 1.29 is 22.3 Å². The Kier molecular flexibility index (Phi) is 13.8. The average molecular weight is 477 g/mol. The minimum atomic E-state index is -1.24. The zero-order valence-corrected chi connectivity index (χ0v) is 20.7. The molecule has 5 heteroatoms. The smallest absolute Gasteiger partial charge is 0.166 e. The summed E-state index contributed by atoms with van der Waals surface area (Å²) in [4.78, 5) is 0. The molecule has 0 aromatic heterocycles. The first kappa shape index (κ1) is 31.1. The van der Waals surface area contributed by atoms with Crippen LogP contribution < -0.4 is 0 Å². The van der Waals surface area contributed by atoms with Crippen LogP contribution in [-0.2, 0) is 4.74 Å². The van der Waals surface area contributed by atoms with Gasteiger partial charge in [0.15, 0.2) is 23.3 Å². The van der Waals surface area contributed by atoms with Crippen molar-refractivity contribution in [2.45, 2.75) is 46.6 Å². The van der Waals surface area contributed by atoms with Crippen molar-refractivity contribution in [3.05, 3.63) is 121 Å². The molecule has 0 aliphatic rings. The lowest BCUT2D eigenvalue weighted by Crippen LogP contribution is -2.15. The highest BCUT2D eigenvalue weighted by molar-refractivity contribution is 5.54. The first-order valence-corrected chi connectivity index (χ1v) is 11.0. The molecular formula is C29H36F4O. The van der Waals surface area contributed by atoms with Gasteiger partial charge in [-0.15, -0.1) is 0 Å². The van der Waals surface area contributed by atoms with E-state index in [2.05, 4.69) is 39.5 Å². The number of rotatable bonds is 15. The standard InChI is InChI=1S/C29H36F4O/c1-11-12-13-14-21(6)26(30)27(31)22(7)19(4)15-16-20(5)23(8)28(32)29(33)24(9)25(10)34-17-18(2)3/h12-13,15-16,18,25H,4-9,11,14,17H2,1-3,10H3/b13-12-,16-15-,27-26-,29-28-. The van der Waals surface area contributed by atoms with Gasteiger partial charge in [-0.1, -0.05) is 84.5 Å². The fourth-order valence-electron chi connectivity index (χ4n) is 2.34. The van der Waals surface area contributed by atoms with Gasteiger partial charge in [0.2, 0.25) is 0 Å². The highest BCUT2D eigenvalue weighted by Crippen LogP contribution is 2.30. The molecule has 0 spiro atoms. The van der Waals surface area contributed by atoms with E-state index in [1.54, 1.807) is 13.0 Å². The molecule has 0 aromatic rings. The van der Waals surface area contributed by atoms with Crippen LogP contribution in [0.1, 0.15) is 40.5 Å². The second-order valence-electron chi connectivity index (χ2n) is 8.18. The van der Waals surface area contributed by atoms with Crippen molar-refractivity contribution in [3.63, 3.8) is 0 Å². The summed E-state index contributed by atoms with van der Waals surface area (Å²) in [7, 11) is 0. The summed E-state index contributed by atoms with van der Waals surface area (Å²) in [6, 6.07) is 0. The lowest BCUT2D eigenvalue weighted by Gasteiger charge is -2.17. The van der Waals surface area contributed by atoms with E-state index < -0.39 is 29.4 Å². The maximum Gasteiger partial charge on any atom is 0.166 e. The Morgan fingerprint density at radius 1 is 0.735 bits per heavy atom. The summed E-state index contributed by atoms with van der Waals surface area (Å²) in [5.41, 5.74) is -0.812. The van der Waals surface area contributed by atoms with Crippen LogP contribution in [0.5, 0.6) is 0 Å². The summed E-state index contributed by atoms with van der Waals surface area (Å²) in [5.74, 6) is -4.52. The molecule has 1 nitrogen and oxygen atoms in total. The zero-order chi connectivity index (χ0) is 26.6. The van der Waals surface area contributed by atoms with Crippen LogP contribution in [0.4, 0.5) is 17.6 Å². The molecule has 0 aromatic carbocycles. The number of allylic oxidation sites excluding steroid dienone is 12. The van der Waals surface area contributed by atoms with E-state index in [0.717, 1.165) is 6.42 Å². The van der Waals surface area contributed by atoms with Crippen LogP contribution in [-0.4, -0.2) is 12.7 Å². The summed E-state index contributed by atoms with van der Waals surface area (Å²) >= 11 is 0. The van der Waals surface area contributed by atoms with E-state index in [1.807, 2.05) is 26.8 Å². The second kappa shape index (κ2) is 15.1. The molecule has 0 rings (SSSR count). The average Bonchev–Trinajstić information content (AvgIpc) is 2.81. The van der Waals surface area contributed by atoms with Gasteiger partial charge in [-0.2, -0.15) is 0 Å². The van der Waals surface area contributed by atoms with Crippen LogP contribution in [0.3, 0.4) is 0 Å². The Morgan fingerprint density at radius 3 is 1.65 bits per heavy atom. The number of hydrogen-bond acceptors (Lipinski definition) is 1. The Labute approximate surface area is 202 Å². The van der Waals surface area contributed by atoms with E-state index in [1.165, 1.54) is 12.2 Å². The lowest BCUT2D eigenvalue weighted by atomic mass is 10.0. The molecule has 0 aliphatic carbocycles. The van der Waals surface area contributed by atoms with E-state index >= 15 is 0 Å². The molecule has 0 fully saturated rings. The Bertz CT molecular complexity index is 955. The van der Waals surface area contributed by atoms with Crippen molar-refractivity contribution in [2.24, 2.45) is 5.92 Å². The van der Waals surface area contributed by atoms with Crippen LogP contribution in [0.25, 0.3) is 0 Å². The van der Waals surface area contributed by atoms with Gasteiger partial charge in [0, 0.05) is 23.3 Å². The SMILES string of the molecule is C=C(/C=C\C(=C)C(=C)/C(F)=C(/F)C(=C)C(C)OCC(C)C)C(=C)/C(F)=C(/F)C(=C)C/C=C\CC. The zero-order valence-electron chi connectivity index (χ0n) is 20.7. The summed E-state index contributed by atoms with van der Waals surface area (Å²) in [5, 5.41) is 0. The molecule has 0 saturated heterocycles. The predicted octanol–water partition coefficient (Wildman–Crippen LogP) is 9.60. The summed E-state index contributed by atoms with van der Waals surface area (Å²) < 4.78 is 63.3. The third kappa shape index (κ3) is 9.92. The first-order valence-electron chi connectivity index (χ1n) is 11.0. The van der Waals surface area contributed by atoms with Gasteiger partial charge >= 0.3 is 0 Å². The third-order valence-electron chi connectivity index (χ3n) is 4.71. The predicted molar refractivity (Wildman–Crippen MR) is 137 cm³/mol. The molecule has 0 radical (unpaired) electrons. The Balaban J connectivity index is 5.36. The minimum Gasteiger partial charge on any atom is -0.373 e. The van der Waals surface area contributed by atoms with Gasteiger partial charge in [0.25, 0.3) is 0 Å². The van der Waals surface area contributed by atoms with E-state index in [4.69, 9.17) is 4.74 Å². The van der Waals surface area contributed by atoms with E-state index in [-0.39, 0.29) is 45.8 Å². The fraction of sp³-hybridized carbons (Fsp3) is 0.310. The quantitative estimate of drug-likeness (QED) is 0.130. The van der Waals surface area contributed by atoms with Crippen molar-refractivity contribution >= 4 is 0 Å². The van der Waals surface area contributed by atoms with E-state index in [9.17, 15) is 17.6 Å². The summed E-state index contributed by atoms with van der Waals surface area (Å²) in [6.07, 6.45) is 6.22. The van der Waals surface area contributed by atoms with Crippen LogP contribution >= 0.6 is 0 Å². The number of halogens is 4. The minimum absolute atomic E-state index is 0.00382. The molecule has 0 amide bonds. The summed E-state index contributed by atoms with van der Waals surface area (Å²) in [6.45, 7) is 29.1. The van der Waals surface area contributed by atoms with Gasteiger partial charge < -0.3 is 4.74 Å². The molecule has 1 atom stereocenters. The molecule has 1 unspecified atom stereocenters. The van der Waals surface area contributed by atoms with Crippen molar-refractivity contribution in [2.75, 3.05) is 6.61 Å². The topological polar surface area (TPSA) is 9.23 Å². The van der Waals surface area contributed by atoms with Crippen LogP contribution in [0.15, 0.2) is 121 Å². The van der Waals surface area contributed by atoms with Gasteiger partial charge in [-0.05, 0) is 42.4 Å². The Hall–Kier alpha value is -2.92. The first-order chi connectivity index (χ1) is 15.8. The van der Waals surface area contributed by atoms with E-state index in [0.29, 0.717) is 6.61 Å². The fourth-order valence-corrected chi connectivity index (χ4v) is 2.34. The molecule has 0 saturated carbocycles. The van der Waals surface area contributed by atoms with Gasteiger partial charge in [-0.3, -0.25) is 0 Å².